The lowest BCUT2D eigenvalue weighted by Gasteiger charge is -2.40. The number of aromatic nitrogens is 2. The van der Waals surface area contributed by atoms with Crippen LogP contribution < -0.4 is 20.5 Å². The van der Waals surface area contributed by atoms with Crippen LogP contribution >= 0.6 is 0 Å². The molecule has 2 aromatic rings. The number of carbonyl (C=O) groups is 2. The molecule has 10 heteroatoms. The second-order valence-electron chi connectivity index (χ2n) is 9.54. The van der Waals surface area contributed by atoms with Crippen LogP contribution in [-0.4, -0.2) is 85.3 Å². The quantitative estimate of drug-likeness (QED) is 0.385. The topological polar surface area (TPSA) is 126 Å². The largest absolute Gasteiger partial charge is 0.497 e. The van der Waals surface area contributed by atoms with Crippen molar-refractivity contribution in [1.29, 1.82) is 0 Å². The lowest BCUT2D eigenvalue weighted by atomic mass is 9.81. The molecule has 3 heterocycles. The van der Waals surface area contributed by atoms with E-state index in [4.69, 9.17) is 15.2 Å². The van der Waals surface area contributed by atoms with Gasteiger partial charge in [0.1, 0.15) is 28.6 Å². The molecule has 2 fully saturated rings. The number of hydrogen-bond acceptors (Lipinski definition) is 7. The lowest BCUT2D eigenvalue weighted by molar-refractivity contribution is -0.125. The minimum absolute atomic E-state index is 0.0300. The molecule has 4 rings (SSSR count). The number of carbonyl (C=O) groups excluding carboxylic acids is 2. The van der Waals surface area contributed by atoms with Crippen LogP contribution in [0.3, 0.4) is 0 Å². The number of nitrogens with zero attached hydrogens (tertiary/aromatic N) is 3. The van der Waals surface area contributed by atoms with Crippen molar-refractivity contribution < 1.29 is 19.1 Å². The molecule has 0 radical (unpaired) electrons. The van der Waals surface area contributed by atoms with Gasteiger partial charge >= 0.3 is 0 Å². The number of piperidine rings is 1. The Morgan fingerprint density at radius 2 is 1.89 bits per heavy atom. The van der Waals surface area contributed by atoms with Gasteiger partial charge in [-0.15, -0.1) is 0 Å². The summed E-state index contributed by atoms with van der Waals surface area (Å²) in [6.07, 6.45) is 3.19. The van der Waals surface area contributed by atoms with Gasteiger partial charge in [0, 0.05) is 37.3 Å². The first-order valence-corrected chi connectivity index (χ1v) is 12.3. The van der Waals surface area contributed by atoms with E-state index >= 15 is 0 Å². The van der Waals surface area contributed by atoms with Crippen LogP contribution in [0.25, 0.3) is 0 Å². The molecule has 2 aliphatic rings. The third-order valence-electron chi connectivity index (χ3n) is 7.20. The Morgan fingerprint density at radius 3 is 2.54 bits per heavy atom. The molecule has 0 spiro atoms. The maximum absolute atomic E-state index is 12.5. The van der Waals surface area contributed by atoms with E-state index in [0.29, 0.717) is 35.3 Å². The Hall–Kier alpha value is -3.97. The number of methoxy groups -OCH3 is 2. The highest BCUT2D eigenvalue weighted by molar-refractivity contribution is 6.00. The molecule has 10 nitrogen and oxygen atoms in total. The third kappa shape index (κ3) is 5.89. The molecule has 2 aliphatic heterocycles. The highest BCUT2D eigenvalue weighted by Gasteiger charge is 2.38. The van der Waals surface area contributed by atoms with Crippen LogP contribution in [0.2, 0.25) is 0 Å². The van der Waals surface area contributed by atoms with Crippen LogP contribution in [0.4, 0.5) is 5.82 Å². The van der Waals surface area contributed by atoms with Crippen molar-refractivity contribution in [2.24, 2.45) is 17.6 Å². The van der Waals surface area contributed by atoms with E-state index in [1.807, 2.05) is 4.90 Å². The average molecular weight is 507 g/mol. The second-order valence-corrected chi connectivity index (χ2v) is 9.54. The molecular weight excluding hydrogens is 472 g/mol. The van der Waals surface area contributed by atoms with Crippen molar-refractivity contribution in [3.63, 3.8) is 0 Å². The number of ether oxygens (including phenoxy) is 2. The Kier molecular flexibility index (Phi) is 8.04. The van der Waals surface area contributed by atoms with Crippen molar-refractivity contribution >= 4 is 17.6 Å². The summed E-state index contributed by atoms with van der Waals surface area (Å²) < 4.78 is 10.6. The summed E-state index contributed by atoms with van der Waals surface area (Å²) in [6, 6.07) is 5.39. The molecule has 3 atom stereocenters. The molecule has 2 amide bonds. The number of rotatable bonds is 7. The van der Waals surface area contributed by atoms with Gasteiger partial charge in [-0.3, -0.25) is 14.7 Å². The molecule has 4 N–H and O–H groups in total. The third-order valence-corrected chi connectivity index (χ3v) is 7.20. The van der Waals surface area contributed by atoms with E-state index in [0.717, 1.165) is 32.5 Å². The summed E-state index contributed by atoms with van der Waals surface area (Å²) in [5.74, 6) is 7.65. The van der Waals surface area contributed by atoms with Gasteiger partial charge in [0.2, 0.25) is 5.91 Å². The number of nitrogens with two attached hydrogens (primary N) is 1. The normalized spacial score (nSPS) is 21.6. The first kappa shape index (κ1) is 26.1. The fourth-order valence-electron chi connectivity index (χ4n) is 5.25. The number of nitrogens with one attached hydrogen (secondary N) is 2. The van der Waals surface area contributed by atoms with Gasteiger partial charge < -0.3 is 30.3 Å². The number of H-pyrrole nitrogens is 1. The van der Waals surface area contributed by atoms with Crippen molar-refractivity contribution in [2.45, 2.75) is 18.9 Å². The van der Waals surface area contributed by atoms with Gasteiger partial charge in [-0.2, -0.15) is 5.10 Å². The highest BCUT2D eigenvalue weighted by Crippen LogP contribution is 2.33. The van der Waals surface area contributed by atoms with Crippen molar-refractivity contribution in [1.82, 2.24) is 20.0 Å². The number of aromatic amines is 1. The fourth-order valence-corrected chi connectivity index (χ4v) is 5.25. The zero-order chi connectivity index (χ0) is 26.5. The summed E-state index contributed by atoms with van der Waals surface area (Å²) in [5, 5.41) is 10.7. The van der Waals surface area contributed by atoms with Crippen LogP contribution in [0.1, 0.15) is 34.5 Å². The minimum Gasteiger partial charge on any atom is -0.497 e. The van der Waals surface area contributed by atoms with Crippen molar-refractivity contribution in [3.05, 3.63) is 47.7 Å². The van der Waals surface area contributed by atoms with Crippen LogP contribution in [0, 0.1) is 23.7 Å². The van der Waals surface area contributed by atoms with Gasteiger partial charge in [0.25, 0.3) is 5.91 Å². The predicted molar refractivity (Wildman–Crippen MR) is 141 cm³/mol. The van der Waals surface area contributed by atoms with E-state index < -0.39 is 5.91 Å². The van der Waals surface area contributed by atoms with Crippen molar-refractivity contribution in [3.8, 4) is 23.3 Å². The molecule has 0 bridgehead atoms. The Bertz CT molecular complexity index is 1210. The molecule has 3 unspecified atom stereocenters. The zero-order valence-corrected chi connectivity index (χ0v) is 21.5. The van der Waals surface area contributed by atoms with E-state index in [2.05, 4.69) is 45.9 Å². The maximum atomic E-state index is 12.5. The smallest absolute Gasteiger partial charge is 0.255 e. The number of benzene rings is 1. The lowest BCUT2D eigenvalue weighted by Crippen LogP contribution is -2.48. The summed E-state index contributed by atoms with van der Waals surface area (Å²) in [4.78, 5) is 28.7. The molecule has 1 aromatic heterocycles. The average Bonchev–Trinajstić information content (AvgIpc) is 3.55. The Morgan fingerprint density at radius 1 is 1.16 bits per heavy atom. The Labute approximate surface area is 217 Å². The Balaban J connectivity index is 1.57. The molecule has 2 saturated heterocycles. The number of primary amides is 1. The van der Waals surface area contributed by atoms with E-state index in [1.54, 1.807) is 32.4 Å². The molecular formula is C27H34N6O4. The number of amides is 2. The van der Waals surface area contributed by atoms with Crippen LogP contribution in [-0.2, 0) is 4.79 Å². The molecule has 196 valence electrons. The minimum atomic E-state index is -0.614. The van der Waals surface area contributed by atoms with Gasteiger partial charge in [0.05, 0.1) is 14.2 Å². The van der Waals surface area contributed by atoms with E-state index in [-0.39, 0.29) is 29.1 Å². The summed E-state index contributed by atoms with van der Waals surface area (Å²) in [7, 11) is 5.25. The van der Waals surface area contributed by atoms with E-state index in [9.17, 15) is 9.59 Å². The number of anilines is 1. The highest BCUT2D eigenvalue weighted by atomic mass is 16.5. The SMILES string of the molecule is C=CC(=O)N1CCC(C2CN(C)CCC2Nc2[nH]nc(C#Cc3cc(OC)cc(OC)c3)c2C(N)=O)C1. The fraction of sp³-hybridized carbons (Fsp3) is 0.444. The summed E-state index contributed by atoms with van der Waals surface area (Å²) in [5.41, 5.74) is 6.91. The molecule has 0 saturated carbocycles. The van der Waals surface area contributed by atoms with Crippen LogP contribution in [0.5, 0.6) is 11.5 Å². The molecule has 37 heavy (non-hydrogen) atoms. The molecule has 0 aliphatic carbocycles. The molecule has 1 aromatic carbocycles. The second kappa shape index (κ2) is 11.4. The van der Waals surface area contributed by atoms with Gasteiger partial charge in [-0.25, -0.2) is 0 Å². The number of hydrogen-bond donors (Lipinski definition) is 3. The maximum Gasteiger partial charge on any atom is 0.255 e. The number of likely N-dealkylation sites (tertiary alicyclic amines) is 2. The standard InChI is InChI=1S/C27H34N6O4/c1-5-24(34)33-11-8-18(15-33)21-16-32(2)10-9-22(21)29-27-25(26(28)35)23(30-31-27)7-6-17-12-19(36-3)14-20(13-17)37-4/h5,12-14,18,21-22H,1,8-11,15-16H2,2-4H3,(H2,28,35)(H2,29,30,31). The van der Waals surface area contributed by atoms with E-state index in [1.165, 1.54) is 6.08 Å². The summed E-state index contributed by atoms with van der Waals surface area (Å²) in [6.45, 7) is 6.86. The first-order chi connectivity index (χ1) is 17.8. The van der Waals surface area contributed by atoms with Gasteiger partial charge in [0.15, 0.2) is 0 Å². The van der Waals surface area contributed by atoms with Crippen LogP contribution in [0.15, 0.2) is 30.9 Å². The van der Waals surface area contributed by atoms with Gasteiger partial charge in [-0.05, 0) is 62.4 Å². The first-order valence-electron chi connectivity index (χ1n) is 12.3. The summed E-state index contributed by atoms with van der Waals surface area (Å²) >= 11 is 0. The monoisotopic (exact) mass is 506 g/mol. The van der Waals surface area contributed by atoms with Crippen molar-refractivity contribution in [2.75, 3.05) is 52.8 Å². The van der Waals surface area contributed by atoms with Gasteiger partial charge in [-0.1, -0.05) is 12.5 Å². The zero-order valence-electron chi connectivity index (χ0n) is 21.5. The predicted octanol–water partition coefficient (Wildman–Crippen LogP) is 1.69.